The number of anilines is 1. The van der Waals surface area contributed by atoms with Crippen LogP contribution in [0.5, 0.6) is 0 Å². The average molecular weight is 352 g/mol. The minimum atomic E-state index is -3.74. The van der Waals surface area contributed by atoms with Gasteiger partial charge in [0.15, 0.2) is 0 Å². The molecule has 2 N–H and O–H groups in total. The summed E-state index contributed by atoms with van der Waals surface area (Å²) in [5.74, 6) is 0. The number of hydrogen-bond acceptors (Lipinski definition) is 4. The molecule has 2 aromatic heterocycles. The Labute approximate surface area is 138 Å². The molecule has 0 saturated heterocycles. The van der Waals surface area contributed by atoms with Crippen molar-refractivity contribution in [1.82, 2.24) is 14.8 Å². The molecular formula is C14H14ClN5O2S. The number of benzene rings is 1. The Kier molecular flexibility index (Phi) is 4.10. The molecule has 0 bridgehead atoms. The largest absolute Gasteiger partial charge is 0.358 e. The second-order valence-corrected chi connectivity index (χ2v) is 6.90. The van der Waals surface area contributed by atoms with Gasteiger partial charge in [0.1, 0.15) is 4.90 Å². The van der Waals surface area contributed by atoms with Gasteiger partial charge < -0.3 is 4.98 Å². The van der Waals surface area contributed by atoms with Gasteiger partial charge in [0, 0.05) is 31.0 Å². The first-order chi connectivity index (χ1) is 11.0. The van der Waals surface area contributed by atoms with Crippen molar-refractivity contribution in [3.05, 3.63) is 41.8 Å². The quantitative estimate of drug-likeness (QED) is 0.692. The molecule has 0 aliphatic carbocycles. The van der Waals surface area contributed by atoms with Gasteiger partial charge in [0.25, 0.3) is 10.0 Å². The summed E-state index contributed by atoms with van der Waals surface area (Å²) in [4.78, 5) is 6.89. The lowest BCUT2D eigenvalue weighted by Gasteiger charge is -2.07. The van der Waals surface area contributed by atoms with Gasteiger partial charge in [-0.25, -0.2) is 8.42 Å². The Morgan fingerprint density at radius 2 is 2.30 bits per heavy atom. The minimum Gasteiger partial charge on any atom is -0.358 e. The van der Waals surface area contributed by atoms with E-state index < -0.39 is 10.0 Å². The van der Waals surface area contributed by atoms with Crippen LogP contribution in [0.15, 0.2) is 46.7 Å². The van der Waals surface area contributed by atoms with E-state index in [4.69, 9.17) is 11.6 Å². The Morgan fingerprint density at radius 1 is 1.48 bits per heavy atom. The molecule has 0 atom stereocenters. The van der Waals surface area contributed by atoms with Crippen LogP contribution in [-0.4, -0.2) is 36.4 Å². The molecule has 1 aromatic carbocycles. The predicted octanol–water partition coefficient (Wildman–Crippen LogP) is 2.52. The Bertz CT molecular complexity index is 974. The number of para-hydroxylation sites is 1. The van der Waals surface area contributed by atoms with E-state index >= 15 is 0 Å². The predicted molar refractivity (Wildman–Crippen MR) is 90.8 cm³/mol. The van der Waals surface area contributed by atoms with Crippen LogP contribution in [0.4, 0.5) is 5.69 Å². The van der Waals surface area contributed by atoms with E-state index in [1.54, 1.807) is 31.6 Å². The number of nitrogens with one attached hydrogen (secondary N) is 2. The van der Waals surface area contributed by atoms with Crippen molar-refractivity contribution in [3.63, 3.8) is 0 Å². The summed E-state index contributed by atoms with van der Waals surface area (Å²) < 4.78 is 29.0. The summed E-state index contributed by atoms with van der Waals surface area (Å²) in [6, 6.07) is 5.22. The minimum absolute atomic E-state index is 0.0802. The second-order valence-electron chi connectivity index (χ2n) is 4.81. The fourth-order valence-electron chi connectivity index (χ4n) is 2.16. The monoisotopic (exact) mass is 351 g/mol. The van der Waals surface area contributed by atoms with Crippen LogP contribution in [0.1, 0.15) is 0 Å². The lowest BCUT2D eigenvalue weighted by molar-refractivity contribution is 0.601. The molecule has 3 rings (SSSR count). The van der Waals surface area contributed by atoms with Crippen LogP contribution in [-0.2, 0) is 16.6 Å². The van der Waals surface area contributed by atoms with Gasteiger partial charge in [-0.15, -0.1) is 0 Å². The fraction of sp³-hybridized carbons (Fsp3) is 0.143. The summed E-state index contributed by atoms with van der Waals surface area (Å²) in [6.45, 7) is 0.411. The number of sulfonamides is 1. The van der Waals surface area contributed by atoms with Gasteiger partial charge in [0.2, 0.25) is 0 Å². The van der Waals surface area contributed by atoms with Crippen LogP contribution in [0.25, 0.3) is 10.9 Å². The number of fused-ring (bicyclic) bond motifs is 1. The van der Waals surface area contributed by atoms with Crippen molar-refractivity contribution in [1.29, 1.82) is 0 Å². The van der Waals surface area contributed by atoms with Crippen LogP contribution in [0.2, 0.25) is 5.02 Å². The topological polar surface area (TPSA) is 92.1 Å². The highest BCUT2D eigenvalue weighted by Gasteiger charge is 2.18. The van der Waals surface area contributed by atoms with Gasteiger partial charge >= 0.3 is 0 Å². The number of H-pyrrole nitrogens is 1. The number of aromatic amines is 1. The molecule has 7 nitrogen and oxygen atoms in total. The molecular weight excluding hydrogens is 338 g/mol. The van der Waals surface area contributed by atoms with Crippen molar-refractivity contribution < 1.29 is 8.42 Å². The number of hydrogen-bond donors (Lipinski definition) is 2. The van der Waals surface area contributed by atoms with E-state index in [1.807, 2.05) is 6.07 Å². The molecule has 0 aliphatic heterocycles. The Hall–Kier alpha value is -2.32. The van der Waals surface area contributed by atoms with Crippen molar-refractivity contribution in [2.45, 2.75) is 11.4 Å². The Balaban J connectivity index is 1.92. The zero-order valence-corrected chi connectivity index (χ0v) is 13.8. The van der Waals surface area contributed by atoms with E-state index in [0.29, 0.717) is 22.8 Å². The van der Waals surface area contributed by atoms with Crippen LogP contribution in [0.3, 0.4) is 0 Å². The van der Waals surface area contributed by atoms with Crippen LogP contribution in [0, 0.1) is 0 Å². The fourth-order valence-corrected chi connectivity index (χ4v) is 3.39. The van der Waals surface area contributed by atoms with Gasteiger partial charge in [-0.1, -0.05) is 23.7 Å². The van der Waals surface area contributed by atoms with Gasteiger partial charge in [0.05, 0.1) is 29.0 Å². The second kappa shape index (κ2) is 6.05. The molecule has 3 aromatic rings. The number of halogens is 1. The molecule has 2 heterocycles. The van der Waals surface area contributed by atoms with Gasteiger partial charge in [-0.05, 0) is 6.07 Å². The molecule has 23 heavy (non-hydrogen) atoms. The average Bonchev–Trinajstić information content (AvgIpc) is 3.14. The Morgan fingerprint density at radius 3 is 3.09 bits per heavy atom. The van der Waals surface area contributed by atoms with Crippen molar-refractivity contribution in [2.24, 2.45) is 4.99 Å². The molecule has 0 amide bonds. The van der Waals surface area contributed by atoms with E-state index in [-0.39, 0.29) is 4.90 Å². The zero-order chi connectivity index (χ0) is 16.4. The number of rotatable bonds is 5. The van der Waals surface area contributed by atoms with Gasteiger partial charge in [-0.3, -0.25) is 14.4 Å². The van der Waals surface area contributed by atoms with E-state index in [9.17, 15) is 8.42 Å². The highest BCUT2D eigenvalue weighted by Crippen LogP contribution is 2.29. The lowest BCUT2D eigenvalue weighted by atomic mass is 10.2. The summed E-state index contributed by atoms with van der Waals surface area (Å²) in [7, 11) is -2.10. The van der Waals surface area contributed by atoms with Gasteiger partial charge in [-0.2, -0.15) is 5.10 Å². The lowest BCUT2D eigenvalue weighted by Crippen LogP contribution is -2.12. The highest BCUT2D eigenvalue weighted by molar-refractivity contribution is 7.92. The third-order valence-electron chi connectivity index (χ3n) is 3.28. The summed E-state index contributed by atoms with van der Waals surface area (Å²) >= 11 is 6.05. The number of aromatic nitrogens is 3. The molecule has 120 valence electrons. The first-order valence-corrected chi connectivity index (χ1v) is 8.59. The maximum absolute atomic E-state index is 12.5. The molecule has 0 spiro atoms. The standard InChI is InChI=1S/C14H14ClN5O2S/c1-16-5-6-20-9-10(7-18-20)23(21,22)19-13-4-2-3-11-12(15)8-17-14(11)13/h2-5,7-9,17,19H,6H2,1H3/b16-5-. The molecule has 9 heteroatoms. The smallest absolute Gasteiger partial charge is 0.265 e. The normalized spacial score (nSPS) is 12.3. The summed E-state index contributed by atoms with van der Waals surface area (Å²) in [5.41, 5.74) is 1.06. The van der Waals surface area contributed by atoms with E-state index in [0.717, 1.165) is 5.39 Å². The third-order valence-corrected chi connectivity index (χ3v) is 4.91. The molecule has 0 fully saturated rings. The van der Waals surface area contributed by atoms with Crippen LogP contribution >= 0.6 is 11.6 Å². The third kappa shape index (κ3) is 3.08. The van der Waals surface area contributed by atoms with Crippen molar-refractivity contribution >= 4 is 44.4 Å². The summed E-state index contributed by atoms with van der Waals surface area (Å²) in [5, 5.41) is 5.29. The SMILES string of the molecule is C/N=C\Cn1cc(S(=O)(=O)Nc2cccc3c(Cl)c[nH]c23)cn1. The molecule has 0 saturated carbocycles. The van der Waals surface area contributed by atoms with E-state index in [2.05, 4.69) is 19.8 Å². The van der Waals surface area contributed by atoms with Crippen LogP contribution < -0.4 is 4.72 Å². The zero-order valence-electron chi connectivity index (χ0n) is 12.2. The summed E-state index contributed by atoms with van der Waals surface area (Å²) in [6.07, 6.45) is 6.00. The highest BCUT2D eigenvalue weighted by atomic mass is 35.5. The molecule has 0 radical (unpaired) electrons. The maximum atomic E-state index is 12.5. The first-order valence-electron chi connectivity index (χ1n) is 6.73. The maximum Gasteiger partial charge on any atom is 0.265 e. The molecule has 0 unspecified atom stereocenters. The number of aliphatic imine (C=N–C) groups is 1. The molecule has 0 aliphatic rings. The first kappa shape index (κ1) is 15.6. The number of nitrogens with zero attached hydrogens (tertiary/aromatic N) is 3. The van der Waals surface area contributed by atoms with E-state index in [1.165, 1.54) is 17.1 Å². The van der Waals surface area contributed by atoms with Crippen molar-refractivity contribution in [3.8, 4) is 0 Å². The van der Waals surface area contributed by atoms with Crippen molar-refractivity contribution in [2.75, 3.05) is 11.8 Å².